The number of nitrogens with one attached hydrogen (secondary N) is 1. The van der Waals surface area contributed by atoms with E-state index in [9.17, 15) is 4.39 Å². The van der Waals surface area contributed by atoms with Crippen LogP contribution in [-0.4, -0.2) is 44.3 Å². The summed E-state index contributed by atoms with van der Waals surface area (Å²) in [5.74, 6) is 0. The van der Waals surface area contributed by atoms with E-state index in [4.69, 9.17) is 0 Å². The molecule has 1 N–H and O–H groups in total. The molecule has 0 radical (unpaired) electrons. The first kappa shape index (κ1) is 10.1. The minimum absolute atomic E-state index is 0. The van der Waals surface area contributed by atoms with Gasteiger partial charge in [0.15, 0.2) is 0 Å². The summed E-state index contributed by atoms with van der Waals surface area (Å²) in [6.07, 6.45) is -0.681. The van der Waals surface area contributed by atoms with Gasteiger partial charge in [0.2, 0.25) is 0 Å². The van der Waals surface area contributed by atoms with Gasteiger partial charge in [-0.15, -0.1) is 12.4 Å². The van der Waals surface area contributed by atoms with Gasteiger partial charge in [0.05, 0.1) is 6.04 Å². The molecule has 1 saturated heterocycles. The Labute approximate surface area is 67.2 Å². The molecule has 0 amide bonds. The Morgan fingerprint density at radius 1 is 1.40 bits per heavy atom. The Hall–Kier alpha value is 0.140. The molecule has 2 nitrogen and oxygen atoms in total. The van der Waals surface area contributed by atoms with Crippen LogP contribution < -0.4 is 5.32 Å². The van der Waals surface area contributed by atoms with Crippen LogP contribution in [0.4, 0.5) is 4.39 Å². The first-order chi connectivity index (χ1) is 4.22. The van der Waals surface area contributed by atoms with Crippen molar-refractivity contribution in [1.29, 1.82) is 0 Å². The van der Waals surface area contributed by atoms with E-state index in [-0.39, 0.29) is 18.4 Å². The summed E-state index contributed by atoms with van der Waals surface area (Å²) >= 11 is 0. The highest BCUT2D eigenvalue weighted by molar-refractivity contribution is 5.85. The first-order valence-corrected chi connectivity index (χ1v) is 3.23. The Kier molecular flexibility index (Phi) is 4.17. The molecule has 4 heteroatoms. The molecule has 1 aliphatic rings. The molecule has 2 atom stereocenters. The summed E-state index contributed by atoms with van der Waals surface area (Å²) in [7, 11) is 3.81. The summed E-state index contributed by atoms with van der Waals surface area (Å²) in [6.45, 7) is 1.30. The van der Waals surface area contributed by atoms with Gasteiger partial charge in [-0.25, -0.2) is 4.39 Å². The van der Waals surface area contributed by atoms with Gasteiger partial charge in [-0.1, -0.05) is 0 Å². The third kappa shape index (κ3) is 2.08. The molecular formula is C6H14ClFN2. The maximum atomic E-state index is 12.7. The second kappa shape index (κ2) is 4.11. The lowest BCUT2D eigenvalue weighted by atomic mass is 10.2. The van der Waals surface area contributed by atoms with Crippen LogP contribution in [0, 0.1) is 0 Å². The first-order valence-electron chi connectivity index (χ1n) is 3.23. The van der Waals surface area contributed by atoms with Crippen molar-refractivity contribution in [2.45, 2.75) is 12.2 Å². The molecule has 0 aromatic carbocycles. The van der Waals surface area contributed by atoms with Gasteiger partial charge >= 0.3 is 0 Å². The zero-order valence-corrected chi connectivity index (χ0v) is 7.12. The molecule has 0 spiro atoms. The van der Waals surface area contributed by atoms with E-state index in [2.05, 4.69) is 5.32 Å². The molecule has 0 saturated carbocycles. The SMILES string of the molecule is CN(C)[C@@H]1CNC[C@@H]1F.Cl. The van der Waals surface area contributed by atoms with E-state index in [0.717, 1.165) is 6.54 Å². The van der Waals surface area contributed by atoms with Crippen molar-refractivity contribution in [2.75, 3.05) is 27.2 Å². The van der Waals surface area contributed by atoms with Crippen LogP contribution in [0.15, 0.2) is 0 Å². The molecule has 0 aromatic heterocycles. The highest BCUT2D eigenvalue weighted by Crippen LogP contribution is 2.08. The molecule has 1 fully saturated rings. The topological polar surface area (TPSA) is 15.3 Å². The van der Waals surface area contributed by atoms with Gasteiger partial charge in [0.25, 0.3) is 0 Å². The van der Waals surface area contributed by atoms with Crippen LogP contribution in [-0.2, 0) is 0 Å². The number of hydrogen-bond donors (Lipinski definition) is 1. The van der Waals surface area contributed by atoms with Crippen LogP contribution in [0.2, 0.25) is 0 Å². The third-order valence-corrected chi connectivity index (χ3v) is 1.77. The highest BCUT2D eigenvalue weighted by Gasteiger charge is 2.27. The normalized spacial score (nSPS) is 32.4. The van der Waals surface area contributed by atoms with E-state index in [1.54, 1.807) is 0 Å². The van der Waals surface area contributed by atoms with Gasteiger partial charge in [-0.2, -0.15) is 0 Å². The van der Waals surface area contributed by atoms with Crippen LogP contribution in [0.1, 0.15) is 0 Å². The highest BCUT2D eigenvalue weighted by atomic mass is 35.5. The lowest BCUT2D eigenvalue weighted by Gasteiger charge is -2.19. The minimum Gasteiger partial charge on any atom is -0.312 e. The van der Waals surface area contributed by atoms with Gasteiger partial charge in [-0.3, -0.25) is 0 Å². The zero-order chi connectivity index (χ0) is 6.85. The lowest BCUT2D eigenvalue weighted by molar-refractivity contribution is 0.202. The molecule has 1 aliphatic heterocycles. The van der Waals surface area contributed by atoms with Crippen molar-refractivity contribution in [3.05, 3.63) is 0 Å². The monoisotopic (exact) mass is 168 g/mol. The van der Waals surface area contributed by atoms with Crippen molar-refractivity contribution in [3.63, 3.8) is 0 Å². The molecule has 62 valence electrons. The predicted octanol–water partition coefficient (Wildman–Crippen LogP) is 0.280. The lowest BCUT2D eigenvalue weighted by Crippen LogP contribution is -2.35. The summed E-state index contributed by atoms with van der Waals surface area (Å²) in [4.78, 5) is 1.92. The predicted molar refractivity (Wildman–Crippen MR) is 42.5 cm³/mol. The van der Waals surface area contributed by atoms with E-state index < -0.39 is 6.17 Å². The number of likely N-dealkylation sites (N-methyl/N-ethyl adjacent to an activating group) is 1. The summed E-state index contributed by atoms with van der Waals surface area (Å²) in [5.41, 5.74) is 0. The summed E-state index contributed by atoms with van der Waals surface area (Å²) in [5, 5.41) is 2.99. The van der Waals surface area contributed by atoms with Crippen LogP contribution in [0.5, 0.6) is 0 Å². The number of halogens is 2. The molecule has 1 heterocycles. The van der Waals surface area contributed by atoms with E-state index in [1.165, 1.54) is 0 Å². The molecule has 10 heavy (non-hydrogen) atoms. The Bertz CT molecular complexity index is 99.7. The van der Waals surface area contributed by atoms with Crippen molar-refractivity contribution in [2.24, 2.45) is 0 Å². The van der Waals surface area contributed by atoms with E-state index >= 15 is 0 Å². The van der Waals surface area contributed by atoms with Crippen molar-refractivity contribution < 1.29 is 4.39 Å². The van der Waals surface area contributed by atoms with Gasteiger partial charge in [0.1, 0.15) is 6.17 Å². The Morgan fingerprint density at radius 2 is 2.00 bits per heavy atom. The smallest absolute Gasteiger partial charge is 0.129 e. The fraction of sp³-hybridized carbons (Fsp3) is 1.00. The van der Waals surface area contributed by atoms with Gasteiger partial charge in [0, 0.05) is 13.1 Å². The van der Waals surface area contributed by atoms with E-state index in [1.807, 2.05) is 19.0 Å². The molecule has 0 aliphatic carbocycles. The average molecular weight is 169 g/mol. The standard InChI is InChI=1S/C6H13FN2.ClH/c1-9(2)6-4-8-3-5(6)7;/h5-6,8H,3-4H2,1-2H3;1H/t5-,6+;/m0./s1. The average Bonchev–Trinajstić information content (AvgIpc) is 2.13. The second-order valence-corrected chi connectivity index (χ2v) is 2.71. The second-order valence-electron chi connectivity index (χ2n) is 2.71. The summed E-state index contributed by atoms with van der Waals surface area (Å²) < 4.78 is 12.7. The third-order valence-electron chi connectivity index (χ3n) is 1.77. The molecule has 0 aromatic rings. The van der Waals surface area contributed by atoms with E-state index in [0.29, 0.717) is 6.54 Å². The van der Waals surface area contributed by atoms with Crippen LogP contribution >= 0.6 is 12.4 Å². The Balaban J connectivity index is 0.000000810. The minimum atomic E-state index is -0.681. The maximum absolute atomic E-state index is 12.7. The number of nitrogens with zero attached hydrogens (tertiary/aromatic N) is 1. The summed E-state index contributed by atoms with van der Waals surface area (Å²) in [6, 6.07) is 0.0880. The van der Waals surface area contributed by atoms with Crippen molar-refractivity contribution in [3.8, 4) is 0 Å². The number of rotatable bonds is 1. The fourth-order valence-corrected chi connectivity index (χ4v) is 1.14. The van der Waals surface area contributed by atoms with Crippen LogP contribution in [0.25, 0.3) is 0 Å². The Morgan fingerprint density at radius 3 is 2.20 bits per heavy atom. The maximum Gasteiger partial charge on any atom is 0.129 e. The van der Waals surface area contributed by atoms with Crippen molar-refractivity contribution >= 4 is 12.4 Å². The zero-order valence-electron chi connectivity index (χ0n) is 6.30. The molecule has 0 unspecified atom stereocenters. The molecule has 1 rings (SSSR count). The van der Waals surface area contributed by atoms with Crippen LogP contribution in [0.3, 0.4) is 0 Å². The largest absolute Gasteiger partial charge is 0.312 e. The van der Waals surface area contributed by atoms with Gasteiger partial charge in [-0.05, 0) is 14.1 Å². The van der Waals surface area contributed by atoms with Crippen molar-refractivity contribution in [1.82, 2.24) is 10.2 Å². The quantitative estimate of drug-likeness (QED) is 0.605. The molecular weight excluding hydrogens is 155 g/mol. The number of hydrogen-bond acceptors (Lipinski definition) is 2. The van der Waals surface area contributed by atoms with Gasteiger partial charge < -0.3 is 10.2 Å². The number of alkyl halides is 1. The fourth-order valence-electron chi connectivity index (χ4n) is 1.14. The molecule has 0 bridgehead atoms.